The molecule has 0 fully saturated rings. The molecule has 0 radical (unpaired) electrons. The third kappa shape index (κ3) is 2.84. The second-order valence-electron chi connectivity index (χ2n) is 4.30. The zero-order valence-corrected chi connectivity index (χ0v) is 11.0. The molecule has 100 valence electrons. The van der Waals surface area contributed by atoms with Gasteiger partial charge in [-0.1, -0.05) is 18.2 Å². The lowest BCUT2D eigenvalue weighted by atomic mass is 10.0. The minimum atomic E-state index is -0.368. The second kappa shape index (κ2) is 5.69. The molecule has 0 spiro atoms. The van der Waals surface area contributed by atoms with Crippen molar-refractivity contribution >= 4 is 5.97 Å². The fraction of sp³-hybridized carbons (Fsp3) is 0.267. The lowest BCUT2D eigenvalue weighted by Gasteiger charge is -2.06. The maximum atomic E-state index is 13.6. The topological polar surface area (TPSA) is 42.1 Å². The first-order valence-corrected chi connectivity index (χ1v) is 6.20. The van der Waals surface area contributed by atoms with Gasteiger partial charge in [0, 0.05) is 18.3 Å². The fourth-order valence-electron chi connectivity index (χ4n) is 2.05. The Bertz CT molecular complexity index is 590. The number of benzene rings is 1. The molecule has 1 N–H and O–H groups in total. The fourth-order valence-corrected chi connectivity index (χ4v) is 2.05. The van der Waals surface area contributed by atoms with Gasteiger partial charge in [-0.2, -0.15) is 0 Å². The minimum Gasteiger partial charge on any atom is -0.462 e. The van der Waals surface area contributed by atoms with Gasteiger partial charge in [0.05, 0.1) is 12.2 Å². The maximum absolute atomic E-state index is 13.6. The molecule has 0 atom stereocenters. The number of ether oxygens (including phenoxy) is 1. The van der Waals surface area contributed by atoms with Gasteiger partial charge >= 0.3 is 5.97 Å². The van der Waals surface area contributed by atoms with Crippen LogP contribution in [0, 0.1) is 12.7 Å². The number of aromatic amines is 1. The summed E-state index contributed by atoms with van der Waals surface area (Å²) in [6, 6.07) is 6.56. The molecular weight excluding hydrogens is 245 g/mol. The van der Waals surface area contributed by atoms with Crippen LogP contribution < -0.4 is 0 Å². The summed E-state index contributed by atoms with van der Waals surface area (Å²) in [6.45, 7) is 3.89. The summed E-state index contributed by atoms with van der Waals surface area (Å²) in [7, 11) is 0. The van der Waals surface area contributed by atoms with Crippen molar-refractivity contribution in [1.29, 1.82) is 0 Å². The third-order valence-electron chi connectivity index (χ3n) is 2.98. The molecule has 4 heteroatoms. The Labute approximate surface area is 111 Å². The molecule has 0 unspecified atom stereocenters. The van der Waals surface area contributed by atoms with Gasteiger partial charge in [0.1, 0.15) is 5.82 Å². The Balaban J connectivity index is 2.31. The van der Waals surface area contributed by atoms with E-state index in [1.165, 1.54) is 6.07 Å². The molecule has 1 heterocycles. The van der Waals surface area contributed by atoms with E-state index in [-0.39, 0.29) is 11.8 Å². The van der Waals surface area contributed by atoms with Crippen LogP contribution >= 0.6 is 0 Å². The average molecular weight is 261 g/mol. The molecule has 2 rings (SSSR count). The molecule has 3 nitrogen and oxygen atoms in total. The van der Waals surface area contributed by atoms with Crippen molar-refractivity contribution < 1.29 is 13.9 Å². The van der Waals surface area contributed by atoms with E-state index >= 15 is 0 Å². The highest BCUT2D eigenvalue weighted by Crippen LogP contribution is 2.20. The van der Waals surface area contributed by atoms with Gasteiger partial charge in [-0.05, 0) is 31.0 Å². The van der Waals surface area contributed by atoms with E-state index in [1.807, 2.05) is 0 Å². The van der Waals surface area contributed by atoms with Gasteiger partial charge < -0.3 is 9.72 Å². The quantitative estimate of drug-likeness (QED) is 0.858. The monoisotopic (exact) mass is 261 g/mol. The zero-order valence-electron chi connectivity index (χ0n) is 11.0. The van der Waals surface area contributed by atoms with Crippen LogP contribution in [0.25, 0.3) is 0 Å². The number of halogens is 1. The smallest absolute Gasteiger partial charge is 0.340 e. The lowest BCUT2D eigenvalue weighted by Crippen LogP contribution is -2.08. The van der Waals surface area contributed by atoms with E-state index in [1.54, 1.807) is 38.2 Å². The van der Waals surface area contributed by atoms with E-state index in [0.717, 1.165) is 11.3 Å². The summed E-state index contributed by atoms with van der Waals surface area (Å²) in [5.74, 6) is -0.635. The highest BCUT2D eigenvalue weighted by molar-refractivity contribution is 5.92. The SMILES string of the molecule is CCOC(=O)c1c(Cc2ccccc2F)c[nH]c1C. The first-order chi connectivity index (χ1) is 9.13. The number of hydrogen-bond acceptors (Lipinski definition) is 2. The van der Waals surface area contributed by atoms with Crippen LogP contribution in [-0.4, -0.2) is 17.6 Å². The highest BCUT2D eigenvalue weighted by Gasteiger charge is 2.18. The number of hydrogen-bond donors (Lipinski definition) is 1. The van der Waals surface area contributed by atoms with E-state index in [9.17, 15) is 9.18 Å². The predicted octanol–water partition coefficient (Wildman–Crippen LogP) is 3.23. The molecule has 0 bridgehead atoms. The Morgan fingerprint density at radius 2 is 2.05 bits per heavy atom. The summed E-state index contributed by atoms with van der Waals surface area (Å²) in [5, 5.41) is 0. The van der Waals surface area contributed by atoms with Gasteiger partial charge in [0.2, 0.25) is 0 Å². The molecular formula is C15H16FNO2. The summed E-state index contributed by atoms with van der Waals surface area (Å²) >= 11 is 0. The summed E-state index contributed by atoms with van der Waals surface area (Å²) in [5.41, 5.74) is 2.56. The Morgan fingerprint density at radius 3 is 2.74 bits per heavy atom. The largest absolute Gasteiger partial charge is 0.462 e. The number of aromatic nitrogens is 1. The van der Waals surface area contributed by atoms with Crippen LogP contribution in [-0.2, 0) is 11.2 Å². The summed E-state index contributed by atoms with van der Waals surface area (Å²) < 4.78 is 18.7. The standard InChI is InChI=1S/C15H16FNO2/c1-3-19-15(18)14-10(2)17-9-12(14)8-11-6-4-5-7-13(11)16/h4-7,9,17H,3,8H2,1-2H3. The van der Waals surface area contributed by atoms with Gasteiger partial charge in [-0.3, -0.25) is 0 Å². The highest BCUT2D eigenvalue weighted by atomic mass is 19.1. The third-order valence-corrected chi connectivity index (χ3v) is 2.98. The molecule has 0 aliphatic rings. The number of aryl methyl sites for hydroxylation is 1. The number of rotatable bonds is 4. The molecule has 19 heavy (non-hydrogen) atoms. The number of carbonyl (C=O) groups excluding carboxylic acids is 1. The van der Waals surface area contributed by atoms with Gasteiger partial charge in [0.15, 0.2) is 0 Å². The Morgan fingerprint density at radius 1 is 1.32 bits per heavy atom. The van der Waals surface area contributed by atoms with Crippen molar-refractivity contribution in [2.75, 3.05) is 6.61 Å². The summed E-state index contributed by atoms with van der Waals surface area (Å²) in [6.07, 6.45) is 2.10. The first-order valence-electron chi connectivity index (χ1n) is 6.20. The molecule has 1 aromatic carbocycles. The lowest BCUT2D eigenvalue weighted by molar-refractivity contribution is 0.0524. The van der Waals surface area contributed by atoms with Gasteiger partial charge in [0.25, 0.3) is 0 Å². The second-order valence-corrected chi connectivity index (χ2v) is 4.30. The molecule has 0 amide bonds. The van der Waals surface area contributed by atoms with Crippen molar-refractivity contribution in [3.8, 4) is 0 Å². The molecule has 0 aliphatic carbocycles. The van der Waals surface area contributed by atoms with Crippen molar-refractivity contribution in [1.82, 2.24) is 4.98 Å². The molecule has 2 aromatic rings. The van der Waals surface area contributed by atoms with Gasteiger partial charge in [-0.25, -0.2) is 9.18 Å². The van der Waals surface area contributed by atoms with E-state index in [0.29, 0.717) is 24.2 Å². The normalized spacial score (nSPS) is 10.5. The number of esters is 1. The van der Waals surface area contributed by atoms with Crippen LogP contribution in [0.1, 0.15) is 34.1 Å². The van der Waals surface area contributed by atoms with E-state index < -0.39 is 0 Å². The van der Waals surface area contributed by atoms with Crippen molar-refractivity contribution in [2.45, 2.75) is 20.3 Å². The van der Waals surface area contributed by atoms with Crippen LogP contribution in [0.15, 0.2) is 30.5 Å². The zero-order chi connectivity index (χ0) is 13.8. The predicted molar refractivity (Wildman–Crippen MR) is 70.7 cm³/mol. The van der Waals surface area contributed by atoms with E-state index in [4.69, 9.17) is 4.74 Å². The molecule has 0 saturated heterocycles. The first kappa shape index (κ1) is 13.3. The Hall–Kier alpha value is -2.10. The van der Waals surface area contributed by atoms with Crippen LogP contribution in [0.5, 0.6) is 0 Å². The van der Waals surface area contributed by atoms with Crippen molar-refractivity contribution in [2.24, 2.45) is 0 Å². The van der Waals surface area contributed by atoms with Crippen LogP contribution in [0.3, 0.4) is 0 Å². The number of nitrogens with one attached hydrogen (secondary N) is 1. The van der Waals surface area contributed by atoms with Crippen molar-refractivity contribution in [3.05, 3.63) is 58.7 Å². The van der Waals surface area contributed by atoms with Crippen LogP contribution in [0.4, 0.5) is 4.39 Å². The molecule has 0 aliphatic heterocycles. The summed E-state index contributed by atoms with van der Waals surface area (Å²) in [4.78, 5) is 14.9. The number of carbonyl (C=O) groups is 1. The minimum absolute atomic E-state index is 0.267. The maximum Gasteiger partial charge on any atom is 0.340 e. The van der Waals surface area contributed by atoms with Crippen LogP contribution in [0.2, 0.25) is 0 Å². The molecule has 0 saturated carbocycles. The molecule has 1 aromatic heterocycles. The average Bonchev–Trinajstić information content (AvgIpc) is 2.74. The Kier molecular flexibility index (Phi) is 4.00. The van der Waals surface area contributed by atoms with Gasteiger partial charge in [-0.15, -0.1) is 0 Å². The van der Waals surface area contributed by atoms with E-state index in [2.05, 4.69) is 4.98 Å². The van der Waals surface area contributed by atoms with Crippen molar-refractivity contribution in [3.63, 3.8) is 0 Å². The number of H-pyrrole nitrogens is 1.